The molecule has 1 N–H and O–H groups in total. The molecule has 1 fully saturated rings. The van der Waals surface area contributed by atoms with Crippen LogP contribution in [0.3, 0.4) is 0 Å². The molecule has 0 bridgehead atoms. The van der Waals surface area contributed by atoms with Crippen LogP contribution >= 0.6 is 0 Å². The van der Waals surface area contributed by atoms with Crippen molar-refractivity contribution in [1.82, 2.24) is 20.1 Å². The second-order valence-electron chi connectivity index (χ2n) is 4.55. The van der Waals surface area contributed by atoms with Crippen LogP contribution in [0.1, 0.15) is 24.5 Å². The molecule has 5 nitrogen and oxygen atoms in total. The second kappa shape index (κ2) is 4.93. The molecule has 0 radical (unpaired) electrons. The van der Waals surface area contributed by atoms with Crippen LogP contribution in [0.15, 0.2) is 0 Å². The molecule has 1 heterocycles. The Kier molecular flexibility index (Phi) is 3.56. The van der Waals surface area contributed by atoms with E-state index in [4.69, 9.17) is 4.74 Å². The van der Waals surface area contributed by atoms with Crippen molar-refractivity contribution in [2.75, 3.05) is 13.6 Å². The third-order valence-corrected chi connectivity index (χ3v) is 3.32. The molecule has 1 saturated carbocycles. The van der Waals surface area contributed by atoms with Crippen molar-refractivity contribution in [2.45, 2.75) is 32.5 Å². The summed E-state index contributed by atoms with van der Waals surface area (Å²) in [4.78, 5) is 0. The Morgan fingerprint density at radius 3 is 2.75 bits per heavy atom. The number of nitrogens with zero attached hydrogens (tertiary/aromatic N) is 3. The maximum atomic E-state index is 5.78. The Morgan fingerprint density at radius 1 is 1.44 bits per heavy atom. The maximum Gasteiger partial charge on any atom is 0.158 e. The summed E-state index contributed by atoms with van der Waals surface area (Å²) in [6, 6.07) is 0. The summed E-state index contributed by atoms with van der Waals surface area (Å²) in [7, 11) is 3.97. The van der Waals surface area contributed by atoms with Crippen molar-refractivity contribution in [3.8, 4) is 0 Å². The van der Waals surface area contributed by atoms with Crippen molar-refractivity contribution in [3.05, 3.63) is 11.6 Å². The summed E-state index contributed by atoms with van der Waals surface area (Å²) >= 11 is 0. The van der Waals surface area contributed by atoms with E-state index in [2.05, 4.69) is 15.5 Å². The standard InChI is InChI=1S/C11H20N4O/c1-8-13-14-11(15(8)3)7-16-10-4-9(5-10)6-12-2/h9-10,12H,4-7H2,1-3H3. The molecule has 0 aromatic carbocycles. The zero-order valence-electron chi connectivity index (χ0n) is 10.2. The fourth-order valence-corrected chi connectivity index (χ4v) is 2.04. The van der Waals surface area contributed by atoms with Gasteiger partial charge in [0.2, 0.25) is 0 Å². The van der Waals surface area contributed by atoms with Crippen LogP contribution in [-0.4, -0.2) is 34.5 Å². The van der Waals surface area contributed by atoms with Gasteiger partial charge in [0, 0.05) is 7.05 Å². The van der Waals surface area contributed by atoms with E-state index in [1.165, 1.54) is 0 Å². The first-order chi connectivity index (χ1) is 7.70. The molecule has 1 aromatic rings. The van der Waals surface area contributed by atoms with Gasteiger partial charge in [0.15, 0.2) is 5.82 Å². The van der Waals surface area contributed by atoms with Crippen molar-refractivity contribution in [2.24, 2.45) is 13.0 Å². The summed E-state index contributed by atoms with van der Waals surface area (Å²) < 4.78 is 7.76. The van der Waals surface area contributed by atoms with Crippen LogP contribution < -0.4 is 5.32 Å². The van der Waals surface area contributed by atoms with Gasteiger partial charge in [0.05, 0.1) is 6.10 Å². The van der Waals surface area contributed by atoms with E-state index in [-0.39, 0.29) is 0 Å². The molecular formula is C11H20N4O. The molecule has 90 valence electrons. The van der Waals surface area contributed by atoms with Gasteiger partial charge in [-0.1, -0.05) is 0 Å². The third kappa shape index (κ3) is 2.41. The Morgan fingerprint density at radius 2 is 2.19 bits per heavy atom. The van der Waals surface area contributed by atoms with Gasteiger partial charge in [-0.3, -0.25) is 0 Å². The van der Waals surface area contributed by atoms with Crippen molar-refractivity contribution in [3.63, 3.8) is 0 Å². The number of aromatic nitrogens is 3. The molecular weight excluding hydrogens is 204 g/mol. The summed E-state index contributed by atoms with van der Waals surface area (Å²) in [5.74, 6) is 2.63. The SMILES string of the molecule is CNCC1CC(OCc2nnc(C)n2C)C1. The number of ether oxygens (including phenoxy) is 1. The van der Waals surface area contributed by atoms with Crippen LogP contribution in [0, 0.1) is 12.8 Å². The van der Waals surface area contributed by atoms with Crippen LogP contribution in [-0.2, 0) is 18.4 Å². The van der Waals surface area contributed by atoms with Crippen LogP contribution in [0.5, 0.6) is 0 Å². The Bertz CT molecular complexity index is 344. The first kappa shape index (κ1) is 11.5. The van der Waals surface area contributed by atoms with Gasteiger partial charge in [-0.2, -0.15) is 0 Å². The van der Waals surface area contributed by atoms with Gasteiger partial charge in [-0.25, -0.2) is 0 Å². The minimum absolute atomic E-state index is 0.412. The number of rotatable bonds is 5. The third-order valence-electron chi connectivity index (χ3n) is 3.32. The number of hydrogen-bond donors (Lipinski definition) is 1. The fourth-order valence-electron chi connectivity index (χ4n) is 2.04. The lowest BCUT2D eigenvalue weighted by molar-refractivity contribution is -0.0423. The molecule has 0 atom stereocenters. The quantitative estimate of drug-likeness (QED) is 0.797. The van der Waals surface area contributed by atoms with Crippen molar-refractivity contribution < 1.29 is 4.74 Å². The van der Waals surface area contributed by atoms with Crippen LogP contribution in [0.4, 0.5) is 0 Å². The maximum absolute atomic E-state index is 5.78. The Labute approximate surface area is 96.2 Å². The molecule has 1 aliphatic rings. The zero-order chi connectivity index (χ0) is 11.5. The highest BCUT2D eigenvalue weighted by Gasteiger charge is 2.29. The summed E-state index contributed by atoms with van der Waals surface area (Å²) in [5.41, 5.74) is 0. The first-order valence-electron chi connectivity index (χ1n) is 5.81. The van der Waals surface area contributed by atoms with E-state index in [0.29, 0.717) is 12.7 Å². The van der Waals surface area contributed by atoms with E-state index in [0.717, 1.165) is 37.0 Å². The topological polar surface area (TPSA) is 52.0 Å². The number of aryl methyl sites for hydroxylation is 1. The predicted molar refractivity (Wildman–Crippen MR) is 61.0 cm³/mol. The highest BCUT2D eigenvalue weighted by Crippen LogP contribution is 2.29. The van der Waals surface area contributed by atoms with Crippen LogP contribution in [0.25, 0.3) is 0 Å². The smallest absolute Gasteiger partial charge is 0.158 e. The lowest BCUT2D eigenvalue weighted by Crippen LogP contribution is -2.36. The van der Waals surface area contributed by atoms with Crippen molar-refractivity contribution in [1.29, 1.82) is 0 Å². The predicted octanol–water partition coefficient (Wildman–Crippen LogP) is 0.638. The lowest BCUT2D eigenvalue weighted by atomic mass is 9.82. The van der Waals surface area contributed by atoms with Gasteiger partial charge < -0.3 is 14.6 Å². The fraction of sp³-hybridized carbons (Fsp3) is 0.818. The molecule has 1 aromatic heterocycles. The summed E-state index contributed by atoms with van der Waals surface area (Å²) in [6.45, 7) is 3.63. The first-order valence-corrected chi connectivity index (χ1v) is 5.81. The molecule has 1 aliphatic carbocycles. The monoisotopic (exact) mass is 224 g/mol. The Hall–Kier alpha value is -0.940. The van der Waals surface area contributed by atoms with E-state index >= 15 is 0 Å². The average molecular weight is 224 g/mol. The highest BCUT2D eigenvalue weighted by atomic mass is 16.5. The van der Waals surface area contributed by atoms with Gasteiger partial charge in [0.1, 0.15) is 12.4 Å². The highest BCUT2D eigenvalue weighted by molar-refractivity contribution is 4.91. The molecule has 0 aliphatic heterocycles. The normalized spacial score (nSPS) is 24.4. The largest absolute Gasteiger partial charge is 0.370 e. The minimum atomic E-state index is 0.412. The second-order valence-corrected chi connectivity index (χ2v) is 4.55. The molecule has 0 saturated heterocycles. The van der Waals surface area contributed by atoms with E-state index in [9.17, 15) is 0 Å². The number of hydrogen-bond acceptors (Lipinski definition) is 4. The van der Waals surface area contributed by atoms with Gasteiger partial charge in [-0.15, -0.1) is 10.2 Å². The zero-order valence-corrected chi connectivity index (χ0v) is 10.2. The Balaban J connectivity index is 1.71. The summed E-state index contributed by atoms with van der Waals surface area (Å²) in [5, 5.41) is 11.3. The molecule has 5 heteroatoms. The summed E-state index contributed by atoms with van der Waals surface area (Å²) in [6.07, 6.45) is 2.74. The molecule has 0 spiro atoms. The minimum Gasteiger partial charge on any atom is -0.370 e. The van der Waals surface area contributed by atoms with Gasteiger partial charge >= 0.3 is 0 Å². The van der Waals surface area contributed by atoms with Crippen LogP contribution in [0.2, 0.25) is 0 Å². The number of nitrogens with one attached hydrogen (secondary N) is 1. The van der Waals surface area contributed by atoms with E-state index < -0.39 is 0 Å². The lowest BCUT2D eigenvalue weighted by Gasteiger charge is -2.34. The van der Waals surface area contributed by atoms with Gasteiger partial charge in [0.25, 0.3) is 0 Å². The molecule has 0 amide bonds. The molecule has 2 rings (SSSR count). The molecule has 16 heavy (non-hydrogen) atoms. The van der Waals surface area contributed by atoms with Crippen molar-refractivity contribution >= 4 is 0 Å². The van der Waals surface area contributed by atoms with E-state index in [1.54, 1.807) is 0 Å². The average Bonchev–Trinajstić information content (AvgIpc) is 2.52. The van der Waals surface area contributed by atoms with E-state index in [1.807, 2.05) is 25.6 Å². The molecule has 0 unspecified atom stereocenters. The van der Waals surface area contributed by atoms with Gasteiger partial charge in [-0.05, 0) is 39.3 Å².